The smallest absolute Gasteiger partial charge is 0.140 e. The van der Waals surface area contributed by atoms with E-state index in [1.807, 2.05) is 19.9 Å². The zero-order valence-corrected chi connectivity index (χ0v) is 8.35. The van der Waals surface area contributed by atoms with E-state index >= 15 is 0 Å². The van der Waals surface area contributed by atoms with E-state index in [1.54, 1.807) is 0 Å². The molecule has 1 rings (SSSR count). The fourth-order valence-electron chi connectivity index (χ4n) is 1.25. The van der Waals surface area contributed by atoms with Crippen molar-refractivity contribution < 1.29 is 9.94 Å². The van der Waals surface area contributed by atoms with Gasteiger partial charge in [0.05, 0.1) is 11.6 Å². The van der Waals surface area contributed by atoms with E-state index in [0.717, 1.165) is 11.1 Å². The molecule has 0 fully saturated rings. The minimum absolute atomic E-state index is 0.0598. The molecule has 0 saturated heterocycles. The summed E-state index contributed by atoms with van der Waals surface area (Å²) in [5.74, 6) is 4.99. The van der Waals surface area contributed by atoms with Crippen LogP contribution in [0.5, 0.6) is 5.75 Å². The molecule has 0 heterocycles. The highest BCUT2D eigenvalue weighted by Crippen LogP contribution is 2.33. The van der Waals surface area contributed by atoms with Crippen molar-refractivity contribution in [1.82, 2.24) is 0 Å². The Balaban J connectivity index is 3.26. The molecular weight excluding hydrogens is 190 g/mol. The summed E-state index contributed by atoms with van der Waals surface area (Å²) in [6.07, 6.45) is 0. The van der Waals surface area contributed by atoms with E-state index in [1.165, 1.54) is 0 Å². The van der Waals surface area contributed by atoms with Crippen LogP contribution in [0.1, 0.15) is 16.7 Å². The lowest BCUT2D eigenvalue weighted by atomic mass is 10.1. The summed E-state index contributed by atoms with van der Waals surface area (Å²) in [4.78, 5) is 4.47. The molecule has 0 aliphatic rings. The highest BCUT2D eigenvalue weighted by atomic mass is 35.5. The lowest BCUT2D eigenvalue weighted by Gasteiger charge is -2.10. The number of aryl methyl sites for hydroxylation is 2. The van der Waals surface area contributed by atoms with Crippen molar-refractivity contribution in [3.8, 4) is 5.75 Å². The molecule has 13 heavy (non-hydrogen) atoms. The van der Waals surface area contributed by atoms with Gasteiger partial charge in [-0.15, -0.1) is 0 Å². The van der Waals surface area contributed by atoms with Gasteiger partial charge in [-0.3, -0.25) is 4.84 Å². The summed E-state index contributed by atoms with van der Waals surface area (Å²) >= 11 is 5.84. The average molecular weight is 202 g/mol. The molecule has 0 radical (unpaired) electrons. The summed E-state index contributed by atoms with van der Waals surface area (Å²) in [6, 6.07) is 1.89. The highest BCUT2D eigenvalue weighted by Gasteiger charge is 2.11. The van der Waals surface area contributed by atoms with Crippen molar-refractivity contribution in [3.05, 3.63) is 27.8 Å². The number of hydrogen-bond acceptors (Lipinski definition) is 3. The van der Waals surface area contributed by atoms with Gasteiger partial charge in [0.25, 0.3) is 0 Å². The Hall–Kier alpha value is -0.770. The number of hydrogen-bond donors (Lipinski definition) is 2. The zero-order valence-electron chi connectivity index (χ0n) is 7.60. The topological polar surface area (TPSA) is 55.5 Å². The van der Waals surface area contributed by atoms with Crippen LogP contribution in [0.3, 0.4) is 0 Å². The Bertz CT molecular complexity index is 326. The molecule has 0 aromatic heterocycles. The van der Waals surface area contributed by atoms with Gasteiger partial charge in [0.15, 0.2) is 0 Å². The Morgan fingerprint density at radius 3 is 2.62 bits per heavy atom. The first-order valence-electron chi connectivity index (χ1n) is 3.87. The zero-order chi connectivity index (χ0) is 10.0. The standard InChI is InChI=1S/C9H12ClNO2/c1-5-3-6(2)8(10)9(12)7(5)4-13-11/h3,12H,4,11H2,1-2H3. The first-order chi connectivity index (χ1) is 6.07. The quantitative estimate of drug-likeness (QED) is 0.721. The Labute approximate surface area is 82.0 Å². The first kappa shape index (κ1) is 10.3. The maximum absolute atomic E-state index is 9.62. The van der Waals surface area contributed by atoms with Crippen LogP contribution in [0.4, 0.5) is 0 Å². The van der Waals surface area contributed by atoms with Crippen molar-refractivity contribution in [2.24, 2.45) is 5.90 Å². The molecule has 0 bridgehead atoms. The lowest BCUT2D eigenvalue weighted by Crippen LogP contribution is -2.01. The van der Waals surface area contributed by atoms with Crippen molar-refractivity contribution >= 4 is 11.6 Å². The molecule has 4 heteroatoms. The summed E-state index contributed by atoms with van der Waals surface area (Å²) in [5, 5.41) is 9.98. The molecule has 0 aliphatic heterocycles. The fraction of sp³-hybridized carbons (Fsp3) is 0.333. The second-order valence-corrected chi connectivity index (χ2v) is 3.34. The maximum Gasteiger partial charge on any atom is 0.140 e. The van der Waals surface area contributed by atoms with Crippen molar-refractivity contribution in [3.63, 3.8) is 0 Å². The van der Waals surface area contributed by atoms with E-state index in [2.05, 4.69) is 4.84 Å². The number of benzene rings is 1. The van der Waals surface area contributed by atoms with Gasteiger partial charge in [-0.25, -0.2) is 5.90 Å². The third kappa shape index (κ3) is 1.94. The van der Waals surface area contributed by atoms with Crippen molar-refractivity contribution in [2.75, 3.05) is 0 Å². The van der Waals surface area contributed by atoms with Crippen LogP contribution in [0, 0.1) is 13.8 Å². The summed E-state index contributed by atoms with van der Waals surface area (Å²) < 4.78 is 0. The van der Waals surface area contributed by atoms with Crippen LogP contribution in [0.15, 0.2) is 6.07 Å². The predicted octanol–water partition coefficient (Wildman–Crippen LogP) is 2.05. The second kappa shape index (κ2) is 3.96. The number of aromatic hydroxyl groups is 1. The Morgan fingerprint density at radius 1 is 1.46 bits per heavy atom. The number of rotatable bonds is 2. The largest absolute Gasteiger partial charge is 0.506 e. The minimum Gasteiger partial charge on any atom is -0.506 e. The van der Waals surface area contributed by atoms with E-state index in [9.17, 15) is 5.11 Å². The van der Waals surface area contributed by atoms with E-state index < -0.39 is 0 Å². The van der Waals surface area contributed by atoms with Gasteiger partial charge in [-0.1, -0.05) is 17.7 Å². The van der Waals surface area contributed by atoms with Gasteiger partial charge in [0, 0.05) is 5.56 Å². The van der Waals surface area contributed by atoms with Crippen LogP contribution < -0.4 is 5.90 Å². The van der Waals surface area contributed by atoms with Crippen LogP contribution in [0.25, 0.3) is 0 Å². The SMILES string of the molecule is Cc1cc(C)c(CON)c(O)c1Cl. The summed E-state index contributed by atoms with van der Waals surface area (Å²) in [5.41, 5.74) is 2.40. The second-order valence-electron chi connectivity index (χ2n) is 2.96. The van der Waals surface area contributed by atoms with E-state index in [4.69, 9.17) is 17.5 Å². The molecule has 0 unspecified atom stereocenters. The van der Waals surface area contributed by atoms with Gasteiger partial charge in [-0.2, -0.15) is 0 Å². The van der Waals surface area contributed by atoms with E-state index in [0.29, 0.717) is 10.6 Å². The number of nitrogens with two attached hydrogens (primary N) is 1. The van der Waals surface area contributed by atoms with Gasteiger partial charge >= 0.3 is 0 Å². The molecule has 0 amide bonds. The van der Waals surface area contributed by atoms with Crippen LogP contribution >= 0.6 is 11.6 Å². The third-order valence-electron chi connectivity index (χ3n) is 1.98. The predicted molar refractivity (Wildman–Crippen MR) is 51.6 cm³/mol. The summed E-state index contributed by atoms with van der Waals surface area (Å²) in [7, 11) is 0. The van der Waals surface area contributed by atoms with Crippen molar-refractivity contribution in [1.29, 1.82) is 0 Å². The molecule has 1 aromatic carbocycles. The lowest BCUT2D eigenvalue weighted by molar-refractivity contribution is 0.122. The first-order valence-corrected chi connectivity index (χ1v) is 4.25. The number of halogens is 1. The Kier molecular flexibility index (Phi) is 3.14. The fourth-order valence-corrected chi connectivity index (χ4v) is 1.42. The van der Waals surface area contributed by atoms with Crippen molar-refractivity contribution in [2.45, 2.75) is 20.5 Å². The minimum atomic E-state index is 0.0598. The van der Waals surface area contributed by atoms with E-state index in [-0.39, 0.29) is 12.4 Å². The molecule has 72 valence electrons. The molecular formula is C9H12ClNO2. The molecule has 0 aliphatic carbocycles. The normalized spacial score (nSPS) is 10.5. The highest BCUT2D eigenvalue weighted by molar-refractivity contribution is 6.32. The molecule has 3 nitrogen and oxygen atoms in total. The maximum atomic E-state index is 9.62. The third-order valence-corrected chi connectivity index (χ3v) is 2.45. The molecule has 1 aromatic rings. The van der Waals surface area contributed by atoms with Crippen LogP contribution in [-0.2, 0) is 11.4 Å². The van der Waals surface area contributed by atoms with Crippen LogP contribution in [-0.4, -0.2) is 5.11 Å². The van der Waals surface area contributed by atoms with Gasteiger partial charge < -0.3 is 5.11 Å². The van der Waals surface area contributed by atoms with Gasteiger partial charge in [-0.05, 0) is 25.0 Å². The summed E-state index contributed by atoms with van der Waals surface area (Å²) in [6.45, 7) is 3.87. The molecule has 0 saturated carbocycles. The molecule has 0 spiro atoms. The number of phenolic OH excluding ortho intramolecular Hbond substituents is 1. The van der Waals surface area contributed by atoms with Gasteiger partial charge in [0.1, 0.15) is 5.75 Å². The average Bonchev–Trinajstić information content (AvgIpc) is 2.09. The number of phenols is 1. The molecule has 0 atom stereocenters. The molecule has 3 N–H and O–H groups in total. The Morgan fingerprint density at radius 2 is 2.08 bits per heavy atom. The van der Waals surface area contributed by atoms with Gasteiger partial charge in [0.2, 0.25) is 0 Å². The van der Waals surface area contributed by atoms with Crippen LogP contribution in [0.2, 0.25) is 5.02 Å². The monoisotopic (exact) mass is 201 g/mol.